The number of nitrogens with one attached hydrogen (secondary N) is 2. The van der Waals surface area contributed by atoms with Crippen LogP contribution >= 0.6 is 129 Å². The van der Waals surface area contributed by atoms with Crippen molar-refractivity contribution in [1.29, 1.82) is 0 Å². The van der Waals surface area contributed by atoms with Crippen molar-refractivity contribution in [1.82, 2.24) is 10.6 Å². The Hall–Kier alpha value is 1.17. The van der Waals surface area contributed by atoms with Gasteiger partial charge in [-0.2, -0.15) is 9.78 Å². The number of alkyl carbamates (subject to hydrolysis) is 2. The molecule has 264 valence electrons. The number of carbonyl (C=O) groups excluding carboxylic acids is 2. The van der Waals surface area contributed by atoms with Crippen molar-refractivity contribution in [3.63, 3.8) is 0 Å². The van der Waals surface area contributed by atoms with Gasteiger partial charge in [0, 0.05) is 30.5 Å². The summed E-state index contributed by atoms with van der Waals surface area (Å²) in [6, 6.07) is 0. The molecular weight excluding hydrogens is 809 g/mol. The van der Waals surface area contributed by atoms with E-state index in [0.29, 0.717) is 40.5 Å². The molecule has 0 aliphatic heterocycles. The first-order chi connectivity index (χ1) is 22.2. The molecule has 0 heterocycles. The standard InChI is InChI=1S/C20H38N4O10S11/c25-7-39-15-41-9-29-19(27)23-5-37-13-36-4-22-2-32-34-12-44-18-45-17-42-10-30-20(28)24-6-38-14-35-3-21-1-31-33-11-43-16-40-8-26/h1-2,25-26H,3-18H2,(H,23,27)(H,24,28)/b21-1-,22-2+. The second kappa shape index (κ2) is 41.3. The van der Waals surface area contributed by atoms with Crippen LogP contribution in [-0.2, 0) is 29.0 Å². The van der Waals surface area contributed by atoms with Crippen LogP contribution in [0.5, 0.6) is 0 Å². The molecule has 0 aliphatic rings. The summed E-state index contributed by atoms with van der Waals surface area (Å²) in [5, 5.41) is 27.1. The monoisotopic (exact) mass is 846 g/mol. The van der Waals surface area contributed by atoms with E-state index < -0.39 is 12.2 Å². The lowest BCUT2D eigenvalue weighted by molar-refractivity contribution is -0.196. The molecule has 0 radical (unpaired) electrons. The van der Waals surface area contributed by atoms with Gasteiger partial charge in [0.05, 0.1) is 35.4 Å². The van der Waals surface area contributed by atoms with Gasteiger partial charge in [-0.25, -0.2) is 19.6 Å². The third-order valence-electron chi connectivity index (χ3n) is 3.33. The molecule has 0 rings (SSSR count). The normalized spacial score (nSPS) is 11.2. The van der Waals surface area contributed by atoms with Crippen molar-refractivity contribution in [2.75, 3.05) is 89.6 Å². The largest absolute Gasteiger partial charge is 0.438 e. The quantitative estimate of drug-likeness (QED) is 0.0153. The van der Waals surface area contributed by atoms with Gasteiger partial charge in [0.1, 0.15) is 23.8 Å². The molecule has 25 heteroatoms. The predicted octanol–water partition coefficient (Wildman–Crippen LogP) is 5.76. The Labute approximate surface area is 310 Å². The number of aliphatic hydroxyl groups is 2. The van der Waals surface area contributed by atoms with E-state index in [1.165, 1.54) is 83.4 Å². The predicted molar refractivity (Wildman–Crippen MR) is 206 cm³/mol. The molecule has 2 amide bonds. The summed E-state index contributed by atoms with van der Waals surface area (Å²) in [4.78, 5) is 50.8. The van der Waals surface area contributed by atoms with Crippen LogP contribution < -0.4 is 10.6 Å². The van der Waals surface area contributed by atoms with Gasteiger partial charge in [0.2, 0.25) is 12.8 Å². The van der Waals surface area contributed by atoms with E-state index in [1.54, 1.807) is 58.8 Å². The third-order valence-corrected chi connectivity index (χ3v) is 14.2. The van der Waals surface area contributed by atoms with Crippen LogP contribution in [-0.4, -0.2) is 125 Å². The molecule has 14 nitrogen and oxygen atoms in total. The number of aliphatic hydroxyl groups excluding tert-OH is 2. The maximum Gasteiger partial charge on any atom is 0.408 e. The van der Waals surface area contributed by atoms with Crippen molar-refractivity contribution < 1.29 is 48.8 Å². The number of hydrogen-bond donors (Lipinski definition) is 4. The summed E-state index contributed by atoms with van der Waals surface area (Å²) in [6.45, 7) is 0. The van der Waals surface area contributed by atoms with Crippen LogP contribution in [0.3, 0.4) is 0 Å². The molecule has 0 saturated carbocycles. The van der Waals surface area contributed by atoms with E-state index in [0.717, 1.165) is 25.4 Å². The number of nitrogens with zero attached hydrogens (tertiary/aromatic N) is 2. The minimum Gasteiger partial charge on any atom is -0.438 e. The molecular formula is C20H38N4O10S11. The molecule has 0 aromatic rings. The summed E-state index contributed by atoms with van der Waals surface area (Å²) >= 11 is 16.6. The smallest absolute Gasteiger partial charge is 0.408 e. The Morgan fingerprint density at radius 2 is 0.933 bits per heavy atom. The molecule has 0 bridgehead atoms. The Morgan fingerprint density at radius 1 is 0.533 bits per heavy atom. The maximum absolute atomic E-state index is 11.7. The summed E-state index contributed by atoms with van der Waals surface area (Å²) in [5.41, 5.74) is 0. The molecule has 0 aromatic heterocycles. The van der Waals surface area contributed by atoms with E-state index in [1.807, 2.05) is 0 Å². The highest BCUT2D eigenvalue weighted by Crippen LogP contribution is 2.18. The zero-order chi connectivity index (χ0) is 32.7. The summed E-state index contributed by atoms with van der Waals surface area (Å²) in [5.74, 6) is 3.33. The average Bonchev–Trinajstić information content (AvgIpc) is 3.04. The highest BCUT2D eigenvalue weighted by Gasteiger charge is 2.02. The molecule has 0 unspecified atom stereocenters. The molecule has 0 atom stereocenters. The Balaban J connectivity index is 3.27. The van der Waals surface area contributed by atoms with Crippen LogP contribution in [0.1, 0.15) is 0 Å². The van der Waals surface area contributed by atoms with Gasteiger partial charge in [0.15, 0.2) is 0 Å². The first kappa shape index (κ1) is 46.2. The van der Waals surface area contributed by atoms with Gasteiger partial charge in [-0.15, -0.1) is 129 Å². The molecule has 45 heavy (non-hydrogen) atoms. The van der Waals surface area contributed by atoms with Crippen LogP contribution in [0.25, 0.3) is 0 Å². The van der Waals surface area contributed by atoms with Gasteiger partial charge in [-0.3, -0.25) is 0 Å². The zero-order valence-electron chi connectivity index (χ0n) is 24.0. The Bertz CT molecular complexity index is 730. The Morgan fingerprint density at radius 3 is 1.38 bits per heavy atom. The number of amides is 2. The van der Waals surface area contributed by atoms with Crippen molar-refractivity contribution in [3.8, 4) is 0 Å². The van der Waals surface area contributed by atoms with Gasteiger partial charge in [-0.05, 0) is 0 Å². The summed E-state index contributed by atoms with van der Waals surface area (Å²) in [7, 11) is 0. The maximum atomic E-state index is 11.7. The minimum atomic E-state index is -0.460. The number of aliphatic imine (C=N–C) groups is 2. The second-order valence-corrected chi connectivity index (χ2v) is 19.2. The highest BCUT2D eigenvalue weighted by atomic mass is 32.2. The molecule has 4 N–H and O–H groups in total. The van der Waals surface area contributed by atoms with Crippen LogP contribution in [0.4, 0.5) is 9.59 Å². The second-order valence-electron chi connectivity index (χ2n) is 6.45. The fourth-order valence-corrected chi connectivity index (χ4v) is 9.74. The van der Waals surface area contributed by atoms with Crippen LogP contribution in [0.15, 0.2) is 9.98 Å². The number of hydrogen-bond acceptors (Lipinski definition) is 23. The number of rotatable bonds is 34. The fourth-order valence-electron chi connectivity index (χ4n) is 1.68. The van der Waals surface area contributed by atoms with Gasteiger partial charge >= 0.3 is 12.2 Å². The van der Waals surface area contributed by atoms with E-state index in [2.05, 4.69) is 20.6 Å². The Kier molecular flexibility index (Phi) is 42.4. The highest BCUT2D eigenvalue weighted by molar-refractivity contribution is 8.22. The first-order valence-electron chi connectivity index (χ1n) is 12.1. The lowest BCUT2D eigenvalue weighted by Gasteiger charge is -2.06. The van der Waals surface area contributed by atoms with E-state index >= 15 is 0 Å². The lowest BCUT2D eigenvalue weighted by Crippen LogP contribution is -2.23. The average molecular weight is 847 g/mol. The van der Waals surface area contributed by atoms with Crippen molar-refractivity contribution in [2.24, 2.45) is 9.98 Å². The molecule has 0 saturated heterocycles. The van der Waals surface area contributed by atoms with Crippen molar-refractivity contribution in [3.05, 3.63) is 0 Å². The van der Waals surface area contributed by atoms with Gasteiger partial charge in [-0.1, -0.05) is 0 Å². The SMILES string of the molecule is O=C(NCSCSC/N=C/OOCSCSCSCOC(=O)NCSCSC/N=C\OOCSCSCO)OCSCSCO. The number of carbonyl (C=O) groups is 2. The summed E-state index contributed by atoms with van der Waals surface area (Å²) < 4.78 is 10.1. The third kappa shape index (κ3) is 41.3. The van der Waals surface area contributed by atoms with E-state index in [-0.39, 0.29) is 23.8 Å². The zero-order valence-corrected chi connectivity index (χ0v) is 33.0. The van der Waals surface area contributed by atoms with Gasteiger partial charge < -0.3 is 40.1 Å². The minimum absolute atomic E-state index is 0.0567. The number of ether oxygens (including phenoxy) is 2. The fraction of sp³-hybridized carbons (Fsp3) is 0.800. The topological polar surface area (TPSA) is 179 Å². The molecule has 0 aliphatic carbocycles. The van der Waals surface area contributed by atoms with E-state index in [4.69, 9.17) is 39.2 Å². The van der Waals surface area contributed by atoms with Crippen molar-refractivity contribution in [2.45, 2.75) is 0 Å². The van der Waals surface area contributed by atoms with Crippen LogP contribution in [0, 0.1) is 0 Å². The molecule has 0 aromatic carbocycles. The first-order valence-corrected chi connectivity index (χ1v) is 24.8. The van der Waals surface area contributed by atoms with Crippen molar-refractivity contribution >= 4 is 154 Å². The molecule has 0 fully saturated rings. The van der Waals surface area contributed by atoms with Crippen LogP contribution in [0.2, 0.25) is 0 Å². The van der Waals surface area contributed by atoms with E-state index in [9.17, 15) is 9.59 Å². The molecule has 0 spiro atoms. The van der Waals surface area contributed by atoms with Gasteiger partial charge in [0.25, 0.3) is 0 Å². The lowest BCUT2D eigenvalue weighted by atomic mass is 11.1. The summed E-state index contributed by atoms with van der Waals surface area (Å²) in [6.07, 6.45) is 1.60. The number of thioether (sulfide) groups is 11.